The zero-order valence-corrected chi connectivity index (χ0v) is 28.6. The second-order valence-corrected chi connectivity index (χ2v) is 11.8. The van der Waals surface area contributed by atoms with E-state index in [2.05, 4.69) is 69.9 Å². The molecule has 0 aromatic carbocycles. The van der Waals surface area contributed by atoms with Crippen LogP contribution in [-0.4, -0.2) is 93.1 Å². The van der Waals surface area contributed by atoms with E-state index in [0.29, 0.717) is 43.8 Å². The van der Waals surface area contributed by atoms with Gasteiger partial charge in [-0.05, 0) is 39.2 Å². The standard InChI is InChI=1S/C30H44N12O4S/c1-7-30(47,8-2)15-23(43)46-14-10-13-32-26-24(27(35-20(3)18-44-5)38-28(37-26)36-21(4)19-45-6)39-40-25-22(16-31)17-42(41-25)29-33-11-9-12-34-29/h9,11-12,17,20-21,47H,7-8,10,13-15,18-19H2,1-6H3,(H3,32,35,36,37,38). The van der Waals surface area contributed by atoms with Gasteiger partial charge in [-0.1, -0.05) is 13.8 Å². The number of aromatic nitrogens is 6. The lowest BCUT2D eigenvalue weighted by atomic mass is 9.98. The fourth-order valence-corrected chi connectivity index (χ4v) is 4.42. The van der Waals surface area contributed by atoms with Crippen LogP contribution in [-0.2, 0) is 19.0 Å². The van der Waals surface area contributed by atoms with E-state index in [4.69, 9.17) is 14.2 Å². The molecule has 17 heteroatoms. The lowest BCUT2D eigenvalue weighted by molar-refractivity contribution is -0.144. The van der Waals surface area contributed by atoms with Crippen LogP contribution >= 0.6 is 12.6 Å². The number of carbonyl (C=O) groups is 1. The highest BCUT2D eigenvalue weighted by Gasteiger charge is 2.25. The summed E-state index contributed by atoms with van der Waals surface area (Å²) in [5.74, 6) is 1.09. The van der Waals surface area contributed by atoms with Crippen molar-refractivity contribution in [3.05, 3.63) is 30.2 Å². The van der Waals surface area contributed by atoms with E-state index < -0.39 is 0 Å². The number of azo groups is 1. The summed E-state index contributed by atoms with van der Waals surface area (Å²) >= 11 is 4.65. The molecule has 0 fully saturated rings. The van der Waals surface area contributed by atoms with Crippen molar-refractivity contribution in [3.8, 4) is 12.0 Å². The predicted octanol–water partition coefficient (Wildman–Crippen LogP) is 4.86. The molecule has 0 amide bonds. The SMILES string of the molecule is CCC(S)(CC)CC(=O)OCCCNc1nc(NC(C)COC)nc(NC(C)COC)c1N=Nc1nn(-c2ncccn2)cc1C#N. The largest absolute Gasteiger partial charge is 0.466 e. The Morgan fingerprint density at radius 1 is 1.06 bits per heavy atom. The number of nitrogens with one attached hydrogen (secondary N) is 3. The van der Waals surface area contributed by atoms with Crippen molar-refractivity contribution >= 4 is 47.7 Å². The number of rotatable bonds is 20. The monoisotopic (exact) mass is 668 g/mol. The summed E-state index contributed by atoms with van der Waals surface area (Å²) in [4.78, 5) is 30.1. The van der Waals surface area contributed by atoms with Crippen LogP contribution in [0.5, 0.6) is 0 Å². The van der Waals surface area contributed by atoms with Gasteiger partial charge in [-0.3, -0.25) is 4.79 Å². The van der Waals surface area contributed by atoms with Gasteiger partial charge in [0.1, 0.15) is 11.6 Å². The molecule has 47 heavy (non-hydrogen) atoms. The van der Waals surface area contributed by atoms with Crippen molar-refractivity contribution in [2.45, 2.75) is 70.2 Å². The van der Waals surface area contributed by atoms with Gasteiger partial charge in [-0.25, -0.2) is 14.6 Å². The lowest BCUT2D eigenvalue weighted by Crippen LogP contribution is -2.25. The Kier molecular flexibility index (Phi) is 14.7. The van der Waals surface area contributed by atoms with Gasteiger partial charge in [0.15, 0.2) is 17.3 Å². The van der Waals surface area contributed by atoms with Crippen LogP contribution in [0, 0.1) is 11.3 Å². The summed E-state index contributed by atoms with van der Waals surface area (Å²) < 4.78 is 17.0. The average molecular weight is 669 g/mol. The number of ether oxygens (including phenoxy) is 3. The summed E-state index contributed by atoms with van der Waals surface area (Å²) in [7, 11) is 3.22. The lowest BCUT2D eigenvalue weighted by Gasteiger charge is -2.24. The molecule has 3 heterocycles. The Labute approximate surface area is 280 Å². The van der Waals surface area contributed by atoms with Gasteiger partial charge in [0.25, 0.3) is 5.95 Å². The minimum atomic E-state index is -0.377. The second kappa shape index (κ2) is 18.7. The highest BCUT2D eigenvalue weighted by molar-refractivity contribution is 7.81. The van der Waals surface area contributed by atoms with Crippen LogP contribution in [0.15, 0.2) is 34.9 Å². The molecule has 254 valence electrons. The van der Waals surface area contributed by atoms with Crippen LogP contribution in [0.2, 0.25) is 0 Å². The van der Waals surface area contributed by atoms with Crippen molar-refractivity contribution in [3.63, 3.8) is 0 Å². The normalized spacial score (nSPS) is 12.8. The number of nitrogens with zero attached hydrogens (tertiary/aromatic N) is 9. The summed E-state index contributed by atoms with van der Waals surface area (Å²) in [6.07, 6.45) is 6.89. The van der Waals surface area contributed by atoms with Gasteiger partial charge in [0.2, 0.25) is 11.8 Å². The first-order chi connectivity index (χ1) is 22.6. The first-order valence-electron chi connectivity index (χ1n) is 15.4. The third-order valence-electron chi connectivity index (χ3n) is 6.96. The molecular weight excluding hydrogens is 624 g/mol. The molecule has 16 nitrogen and oxygen atoms in total. The number of hydrogen-bond acceptors (Lipinski definition) is 16. The maximum absolute atomic E-state index is 12.4. The summed E-state index contributed by atoms with van der Waals surface area (Å²) in [6.45, 7) is 9.30. The van der Waals surface area contributed by atoms with E-state index in [1.807, 2.05) is 27.7 Å². The van der Waals surface area contributed by atoms with Crippen molar-refractivity contribution in [1.29, 1.82) is 5.26 Å². The molecule has 3 aromatic rings. The van der Waals surface area contributed by atoms with E-state index in [1.54, 1.807) is 32.7 Å². The average Bonchev–Trinajstić information content (AvgIpc) is 3.48. The molecule has 0 aliphatic rings. The Morgan fingerprint density at radius 3 is 2.36 bits per heavy atom. The number of carbonyl (C=O) groups excluding carboxylic acids is 1. The van der Waals surface area contributed by atoms with Gasteiger partial charge < -0.3 is 30.2 Å². The molecule has 0 spiro atoms. The molecule has 0 aliphatic carbocycles. The Hall–Kier alpha value is -4.40. The van der Waals surface area contributed by atoms with Crippen LogP contribution in [0.1, 0.15) is 58.9 Å². The van der Waals surface area contributed by atoms with E-state index in [9.17, 15) is 10.1 Å². The van der Waals surface area contributed by atoms with E-state index in [1.165, 1.54) is 10.9 Å². The minimum absolute atomic E-state index is 0.0593. The molecule has 0 saturated carbocycles. The fourth-order valence-electron chi connectivity index (χ4n) is 4.29. The second-order valence-electron chi connectivity index (χ2n) is 10.9. The molecule has 3 N–H and O–H groups in total. The van der Waals surface area contributed by atoms with E-state index in [-0.39, 0.29) is 58.8 Å². The molecular formula is C30H44N12O4S. The molecule has 0 saturated heterocycles. The zero-order chi connectivity index (χ0) is 34.2. The van der Waals surface area contributed by atoms with Crippen molar-refractivity contribution in [2.75, 3.05) is 56.5 Å². The smallest absolute Gasteiger partial charge is 0.307 e. The molecule has 3 rings (SSSR count). The van der Waals surface area contributed by atoms with Crippen LogP contribution in [0.3, 0.4) is 0 Å². The molecule has 0 bridgehead atoms. The maximum Gasteiger partial charge on any atom is 0.307 e. The van der Waals surface area contributed by atoms with Gasteiger partial charge in [0, 0.05) is 50.0 Å². The Morgan fingerprint density at radius 2 is 1.72 bits per heavy atom. The summed E-state index contributed by atoms with van der Waals surface area (Å²) in [6, 6.07) is 3.50. The van der Waals surface area contributed by atoms with Crippen molar-refractivity contribution in [1.82, 2.24) is 29.7 Å². The van der Waals surface area contributed by atoms with Crippen LogP contribution < -0.4 is 16.0 Å². The van der Waals surface area contributed by atoms with Gasteiger partial charge >= 0.3 is 5.97 Å². The number of nitriles is 1. The molecule has 2 atom stereocenters. The first kappa shape index (κ1) is 37.1. The van der Waals surface area contributed by atoms with Crippen molar-refractivity contribution in [2.24, 2.45) is 10.2 Å². The Bertz CT molecular complexity index is 1490. The quantitative estimate of drug-likeness (QED) is 0.0551. The van der Waals surface area contributed by atoms with Gasteiger partial charge in [-0.2, -0.15) is 27.9 Å². The molecule has 0 aliphatic heterocycles. The number of hydrogen-bond donors (Lipinski definition) is 4. The first-order valence-corrected chi connectivity index (χ1v) is 15.8. The maximum atomic E-state index is 12.4. The van der Waals surface area contributed by atoms with Gasteiger partial charge in [0.05, 0.1) is 32.4 Å². The number of esters is 1. The number of thiol groups is 1. The third kappa shape index (κ3) is 11.4. The zero-order valence-electron chi connectivity index (χ0n) is 27.7. The number of methoxy groups -OCH3 is 2. The van der Waals surface area contributed by atoms with Crippen LogP contribution in [0.25, 0.3) is 5.95 Å². The summed E-state index contributed by atoms with van der Waals surface area (Å²) in [5, 5.41) is 32.7. The summed E-state index contributed by atoms with van der Waals surface area (Å²) in [5.41, 5.74) is 0.443. The minimum Gasteiger partial charge on any atom is -0.466 e. The molecule has 3 aromatic heterocycles. The molecule has 0 radical (unpaired) electrons. The van der Waals surface area contributed by atoms with E-state index in [0.717, 1.165) is 12.8 Å². The fraction of sp³-hybridized carbons (Fsp3) is 0.567. The third-order valence-corrected chi connectivity index (χ3v) is 7.75. The highest BCUT2D eigenvalue weighted by atomic mass is 32.1. The topological polar surface area (TPSA) is 199 Å². The van der Waals surface area contributed by atoms with Gasteiger partial charge in [-0.15, -0.1) is 15.3 Å². The Balaban J connectivity index is 1.92. The van der Waals surface area contributed by atoms with Crippen LogP contribution in [0.4, 0.5) is 29.1 Å². The highest BCUT2D eigenvalue weighted by Crippen LogP contribution is 2.35. The van der Waals surface area contributed by atoms with Crippen molar-refractivity contribution < 1.29 is 19.0 Å². The number of anilines is 3. The predicted molar refractivity (Wildman–Crippen MR) is 181 cm³/mol. The van der Waals surface area contributed by atoms with E-state index >= 15 is 0 Å². The molecule has 2 unspecified atom stereocenters.